The van der Waals surface area contributed by atoms with Crippen LogP contribution in [-0.4, -0.2) is 51.1 Å². The molecule has 0 radical (unpaired) electrons. The number of benzene rings is 1. The van der Waals surface area contributed by atoms with Crippen molar-refractivity contribution in [3.63, 3.8) is 0 Å². The van der Waals surface area contributed by atoms with Crippen LogP contribution in [0.15, 0.2) is 33.7 Å². The van der Waals surface area contributed by atoms with E-state index in [1.807, 2.05) is 7.05 Å². The van der Waals surface area contributed by atoms with Gasteiger partial charge in [0.1, 0.15) is 0 Å². The van der Waals surface area contributed by atoms with Crippen LogP contribution in [0.25, 0.3) is 0 Å². The normalized spacial score (nSPS) is 23.8. The van der Waals surface area contributed by atoms with E-state index in [0.717, 1.165) is 25.0 Å². The first-order valence-electron chi connectivity index (χ1n) is 9.01. The lowest BCUT2D eigenvalue weighted by atomic mass is 9.96. The topological polar surface area (TPSA) is 39.7 Å². The van der Waals surface area contributed by atoms with Gasteiger partial charge in [-0.2, -0.15) is 0 Å². The summed E-state index contributed by atoms with van der Waals surface area (Å²) >= 11 is 3.71. The van der Waals surface area contributed by atoms with Crippen LogP contribution in [0, 0.1) is 5.92 Å². The molecule has 1 aromatic rings. The lowest BCUT2D eigenvalue weighted by Gasteiger charge is -2.30. The van der Waals surface area contributed by atoms with Crippen LogP contribution >= 0.6 is 15.9 Å². The number of guanidine groups is 1. The summed E-state index contributed by atoms with van der Waals surface area (Å²) in [4.78, 5) is 6.84. The number of aliphatic imine (C=N–C) groups is 1. The Kier molecular flexibility index (Phi) is 5.82. The number of piperidine rings is 1. The van der Waals surface area contributed by atoms with Crippen LogP contribution < -0.4 is 10.6 Å². The van der Waals surface area contributed by atoms with Crippen LogP contribution in [-0.2, 0) is 5.41 Å². The molecule has 1 saturated carbocycles. The highest BCUT2D eigenvalue weighted by Crippen LogP contribution is 2.49. The molecule has 1 aliphatic heterocycles. The van der Waals surface area contributed by atoms with Gasteiger partial charge in [-0.1, -0.05) is 34.1 Å². The Morgan fingerprint density at radius 3 is 2.79 bits per heavy atom. The van der Waals surface area contributed by atoms with Gasteiger partial charge in [0.15, 0.2) is 5.96 Å². The van der Waals surface area contributed by atoms with Gasteiger partial charge in [-0.15, -0.1) is 0 Å². The summed E-state index contributed by atoms with van der Waals surface area (Å²) in [5, 5.41) is 7.08. The molecule has 0 amide bonds. The zero-order chi connectivity index (χ0) is 17.0. The van der Waals surface area contributed by atoms with Crippen molar-refractivity contribution in [3.05, 3.63) is 34.3 Å². The molecule has 5 heteroatoms. The number of likely N-dealkylation sites (tertiary alicyclic amines) is 1. The Balaban J connectivity index is 1.50. The van der Waals surface area contributed by atoms with Crippen molar-refractivity contribution >= 4 is 21.9 Å². The summed E-state index contributed by atoms with van der Waals surface area (Å²) in [6.07, 6.45) is 5.11. The minimum Gasteiger partial charge on any atom is -0.356 e. The third-order valence-electron chi connectivity index (χ3n) is 5.40. The molecule has 1 aromatic carbocycles. The van der Waals surface area contributed by atoms with Gasteiger partial charge in [-0.3, -0.25) is 4.99 Å². The summed E-state index contributed by atoms with van der Waals surface area (Å²) in [6, 6.07) is 8.60. The second-order valence-corrected chi connectivity index (χ2v) is 8.19. The molecule has 132 valence electrons. The van der Waals surface area contributed by atoms with E-state index >= 15 is 0 Å². The van der Waals surface area contributed by atoms with Crippen LogP contribution in [0.3, 0.4) is 0 Å². The van der Waals surface area contributed by atoms with Gasteiger partial charge in [0.25, 0.3) is 0 Å². The van der Waals surface area contributed by atoms with Crippen molar-refractivity contribution in [3.8, 4) is 0 Å². The average molecular weight is 393 g/mol. The Morgan fingerprint density at radius 2 is 2.12 bits per heavy atom. The monoisotopic (exact) mass is 392 g/mol. The molecule has 4 nitrogen and oxygen atoms in total. The molecule has 1 unspecified atom stereocenters. The van der Waals surface area contributed by atoms with Crippen molar-refractivity contribution < 1.29 is 0 Å². The van der Waals surface area contributed by atoms with E-state index in [9.17, 15) is 0 Å². The number of rotatable bonds is 5. The molecule has 3 rings (SSSR count). The molecular weight excluding hydrogens is 364 g/mol. The largest absolute Gasteiger partial charge is 0.356 e. The molecule has 1 heterocycles. The maximum atomic E-state index is 4.41. The molecule has 2 aliphatic rings. The first-order chi connectivity index (χ1) is 11.6. The predicted molar refractivity (Wildman–Crippen MR) is 105 cm³/mol. The zero-order valence-corrected chi connectivity index (χ0v) is 16.4. The van der Waals surface area contributed by atoms with Gasteiger partial charge >= 0.3 is 0 Å². The molecule has 2 N–H and O–H groups in total. The van der Waals surface area contributed by atoms with E-state index in [-0.39, 0.29) is 5.41 Å². The fourth-order valence-corrected chi connectivity index (χ4v) is 4.44. The average Bonchev–Trinajstić information content (AvgIpc) is 3.36. The SMILES string of the molecule is CN=C(NCC1CCCN(C)C1)NCC1(c2ccccc2Br)CC1. The Labute approximate surface area is 154 Å². The quantitative estimate of drug-likeness (QED) is 0.597. The van der Waals surface area contributed by atoms with Gasteiger partial charge in [0.2, 0.25) is 0 Å². The molecule has 1 atom stereocenters. The van der Waals surface area contributed by atoms with E-state index in [4.69, 9.17) is 0 Å². The van der Waals surface area contributed by atoms with E-state index in [0.29, 0.717) is 0 Å². The Bertz CT molecular complexity index is 582. The summed E-state index contributed by atoms with van der Waals surface area (Å²) in [7, 11) is 4.08. The first kappa shape index (κ1) is 17.7. The van der Waals surface area contributed by atoms with Crippen molar-refractivity contribution in [2.75, 3.05) is 40.3 Å². The number of halogens is 1. The maximum Gasteiger partial charge on any atom is 0.191 e. The molecule has 1 saturated heterocycles. The smallest absolute Gasteiger partial charge is 0.191 e. The zero-order valence-electron chi connectivity index (χ0n) is 14.8. The minimum atomic E-state index is 0.267. The van der Waals surface area contributed by atoms with Crippen LogP contribution in [0.5, 0.6) is 0 Å². The fourth-order valence-electron chi connectivity index (χ4n) is 3.74. The summed E-state index contributed by atoms with van der Waals surface area (Å²) in [6.45, 7) is 4.37. The van der Waals surface area contributed by atoms with Crippen LogP contribution in [0.2, 0.25) is 0 Å². The Hall–Kier alpha value is -1.07. The number of nitrogens with zero attached hydrogens (tertiary/aromatic N) is 2. The standard InChI is InChI=1S/C19H29BrN4/c1-21-18(22-12-15-6-5-11-24(2)13-15)23-14-19(9-10-19)16-7-3-4-8-17(16)20/h3-4,7-8,15H,5-6,9-14H2,1-2H3,(H2,21,22,23). The van der Waals surface area contributed by atoms with Gasteiger partial charge in [-0.25, -0.2) is 0 Å². The lowest BCUT2D eigenvalue weighted by molar-refractivity contribution is 0.210. The van der Waals surface area contributed by atoms with Crippen molar-refractivity contribution in [1.82, 2.24) is 15.5 Å². The highest BCUT2D eigenvalue weighted by Gasteiger charge is 2.45. The summed E-state index contributed by atoms with van der Waals surface area (Å²) in [5.74, 6) is 1.65. The molecule has 2 fully saturated rings. The molecule has 24 heavy (non-hydrogen) atoms. The molecular formula is C19H29BrN4. The number of hydrogen-bond donors (Lipinski definition) is 2. The predicted octanol–water partition coefficient (Wildman–Crippen LogP) is 2.99. The van der Waals surface area contributed by atoms with Gasteiger partial charge in [0.05, 0.1) is 0 Å². The van der Waals surface area contributed by atoms with E-state index < -0.39 is 0 Å². The summed E-state index contributed by atoms with van der Waals surface area (Å²) < 4.78 is 1.22. The minimum absolute atomic E-state index is 0.267. The van der Waals surface area contributed by atoms with Gasteiger partial charge in [-0.05, 0) is 56.8 Å². The first-order valence-corrected chi connectivity index (χ1v) is 9.80. The van der Waals surface area contributed by atoms with Crippen LogP contribution in [0.1, 0.15) is 31.2 Å². The summed E-state index contributed by atoms with van der Waals surface area (Å²) in [5.41, 5.74) is 1.69. The second-order valence-electron chi connectivity index (χ2n) is 7.34. The number of nitrogens with one attached hydrogen (secondary N) is 2. The third-order valence-corrected chi connectivity index (χ3v) is 6.09. The molecule has 0 bridgehead atoms. The van der Waals surface area contributed by atoms with Gasteiger partial charge in [0, 0.05) is 36.6 Å². The van der Waals surface area contributed by atoms with E-state index in [1.165, 1.54) is 48.8 Å². The second kappa shape index (κ2) is 7.87. The fraction of sp³-hybridized carbons (Fsp3) is 0.632. The van der Waals surface area contributed by atoms with Crippen LogP contribution in [0.4, 0.5) is 0 Å². The van der Waals surface area contributed by atoms with Crippen molar-refractivity contribution in [2.45, 2.75) is 31.1 Å². The highest BCUT2D eigenvalue weighted by molar-refractivity contribution is 9.10. The van der Waals surface area contributed by atoms with E-state index in [1.54, 1.807) is 0 Å². The van der Waals surface area contributed by atoms with Crippen molar-refractivity contribution in [1.29, 1.82) is 0 Å². The lowest BCUT2D eigenvalue weighted by Crippen LogP contribution is -2.45. The molecule has 0 spiro atoms. The Morgan fingerprint density at radius 1 is 1.33 bits per heavy atom. The van der Waals surface area contributed by atoms with Crippen molar-refractivity contribution in [2.24, 2.45) is 10.9 Å². The maximum absolute atomic E-state index is 4.41. The highest BCUT2D eigenvalue weighted by atomic mass is 79.9. The van der Waals surface area contributed by atoms with Gasteiger partial charge < -0.3 is 15.5 Å². The van der Waals surface area contributed by atoms with E-state index in [2.05, 4.69) is 67.8 Å². The molecule has 1 aliphatic carbocycles. The molecule has 0 aromatic heterocycles. The third kappa shape index (κ3) is 4.31. The number of hydrogen-bond acceptors (Lipinski definition) is 2.